The molecule has 1 N–H and O–H groups in total. The van der Waals surface area contributed by atoms with Crippen molar-refractivity contribution in [3.8, 4) is 11.5 Å². The summed E-state index contributed by atoms with van der Waals surface area (Å²) in [7, 11) is 1.66. The van der Waals surface area contributed by atoms with Crippen molar-refractivity contribution in [2.75, 3.05) is 20.3 Å². The first kappa shape index (κ1) is 19.6. The molecule has 1 atom stereocenters. The van der Waals surface area contributed by atoms with Crippen LogP contribution in [0.3, 0.4) is 0 Å². The van der Waals surface area contributed by atoms with E-state index in [1.165, 1.54) is 0 Å². The maximum Gasteiger partial charge on any atom is 0.119 e. The van der Waals surface area contributed by atoms with Crippen LogP contribution in [0, 0.1) is 0 Å². The lowest BCUT2D eigenvalue weighted by Gasteiger charge is -2.29. The topological polar surface area (TPSA) is 41.9 Å². The second-order valence-electron chi connectivity index (χ2n) is 6.29. The predicted molar refractivity (Wildman–Crippen MR) is 101 cm³/mol. The highest BCUT2D eigenvalue weighted by molar-refractivity contribution is 6.30. The van der Waals surface area contributed by atoms with Crippen LogP contribution in [0.25, 0.3) is 0 Å². The van der Waals surface area contributed by atoms with E-state index in [0.717, 1.165) is 17.9 Å². The van der Waals surface area contributed by atoms with Crippen LogP contribution >= 0.6 is 11.6 Å². The fourth-order valence-corrected chi connectivity index (χ4v) is 2.64. The van der Waals surface area contributed by atoms with Crippen molar-refractivity contribution in [1.82, 2.24) is 4.90 Å². The van der Waals surface area contributed by atoms with Gasteiger partial charge in [0.05, 0.1) is 7.11 Å². The summed E-state index contributed by atoms with van der Waals surface area (Å²) in [5.74, 6) is 1.54. The largest absolute Gasteiger partial charge is 0.497 e. The van der Waals surface area contributed by atoms with E-state index in [4.69, 9.17) is 21.1 Å². The molecule has 25 heavy (non-hydrogen) atoms. The standard InChI is InChI=1S/C20H26ClNO3/c1-15(2)22(12-16-5-4-6-20(11-16)24-3)13-18(23)14-25-19-9-7-17(21)8-10-19/h4-11,15,18,23H,12-14H2,1-3H3/t18-/m0/s1. The zero-order valence-electron chi connectivity index (χ0n) is 15.0. The molecule has 5 heteroatoms. The molecule has 136 valence electrons. The van der Waals surface area contributed by atoms with Crippen molar-refractivity contribution in [2.24, 2.45) is 0 Å². The van der Waals surface area contributed by atoms with E-state index in [9.17, 15) is 5.11 Å². The molecule has 4 nitrogen and oxygen atoms in total. The Morgan fingerprint density at radius 1 is 1.08 bits per heavy atom. The molecule has 0 fully saturated rings. The molecule has 0 aromatic heterocycles. The number of ether oxygens (including phenoxy) is 2. The van der Waals surface area contributed by atoms with Crippen molar-refractivity contribution in [2.45, 2.75) is 32.5 Å². The van der Waals surface area contributed by atoms with Gasteiger partial charge >= 0.3 is 0 Å². The molecule has 2 aromatic carbocycles. The highest BCUT2D eigenvalue weighted by atomic mass is 35.5. The number of rotatable bonds is 9. The average molecular weight is 364 g/mol. The minimum absolute atomic E-state index is 0.239. The molecule has 2 aromatic rings. The predicted octanol–water partition coefficient (Wildman–Crippen LogP) is 4.00. The minimum atomic E-state index is -0.580. The highest BCUT2D eigenvalue weighted by Crippen LogP contribution is 2.17. The third-order valence-corrected chi connectivity index (χ3v) is 4.20. The lowest BCUT2D eigenvalue weighted by molar-refractivity contribution is 0.0543. The number of methoxy groups -OCH3 is 1. The van der Waals surface area contributed by atoms with Gasteiger partial charge in [0.1, 0.15) is 24.2 Å². The quantitative estimate of drug-likeness (QED) is 0.731. The van der Waals surface area contributed by atoms with Gasteiger partial charge in [0, 0.05) is 24.2 Å². The Kier molecular flexibility index (Phi) is 7.56. The molecule has 0 saturated carbocycles. The zero-order valence-corrected chi connectivity index (χ0v) is 15.7. The molecule has 0 unspecified atom stereocenters. The van der Waals surface area contributed by atoms with E-state index in [1.54, 1.807) is 31.4 Å². The maximum atomic E-state index is 10.3. The molecule has 0 bridgehead atoms. The number of nitrogens with zero attached hydrogens (tertiary/aromatic N) is 1. The molecular formula is C20H26ClNO3. The van der Waals surface area contributed by atoms with Gasteiger partial charge in [-0.1, -0.05) is 23.7 Å². The van der Waals surface area contributed by atoms with Gasteiger partial charge in [-0.15, -0.1) is 0 Å². The number of halogens is 1. The van der Waals surface area contributed by atoms with Crippen LogP contribution in [0.4, 0.5) is 0 Å². The summed E-state index contributed by atoms with van der Waals surface area (Å²) in [5.41, 5.74) is 1.15. The number of aliphatic hydroxyl groups is 1. The van der Waals surface area contributed by atoms with Crippen molar-refractivity contribution in [1.29, 1.82) is 0 Å². The summed E-state index contributed by atoms with van der Waals surface area (Å²) in [6.45, 7) is 5.75. The van der Waals surface area contributed by atoms with Crippen molar-refractivity contribution in [3.05, 3.63) is 59.1 Å². The van der Waals surface area contributed by atoms with Crippen LogP contribution in [-0.4, -0.2) is 42.4 Å². The Morgan fingerprint density at radius 2 is 1.80 bits per heavy atom. The fourth-order valence-electron chi connectivity index (χ4n) is 2.51. The van der Waals surface area contributed by atoms with E-state index in [1.807, 2.05) is 18.2 Å². The number of aliphatic hydroxyl groups excluding tert-OH is 1. The van der Waals surface area contributed by atoms with Crippen LogP contribution in [-0.2, 0) is 6.54 Å². The van der Waals surface area contributed by atoms with Gasteiger partial charge in [-0.05, 0) is 55.8 Å². The number of benzene rings is 2. The average Bonchev–Trinajstić information content (AvgIpc) is 2.60. The summed E-state index contributed by atoms with van der Waals surface area (Å²) in [4.78, 5) is 2.21. The molecule has 0 aliphatic heterocycles. The third-order valence-electron chi connectivity index (χ3n) is 3.95. The summed E-state index contributed by atoms with van der Waals surface area (Å²) >= 11 is 5.86. The smallest absolute Gasteiger partial charge is 0.119 e. The molecular weight excluding hydrogens is 338 g/mol. The third kappa shape index (κ3) is 6.58. The molecule has 0 saturated heterocycles. The Morgan fingerprint density at radius 3 is 2.44 bits per heavy atom. The van der Waals surface area contributed by atoms with Gasteiger partial charge in [-0.2, -0.15) is 0 Å². The molecule has 0 aliphatic rings. The van der Waals surface area contributed by atoms with Crippen LogP contribution in [0.1, 0.15) is 19.4 Å². The van der Waals surface area contributed by atoms with Crippen LogP contribution in [0.2, 0.25) is 5.02 Å². The number of hydrogen-bond donors (Lipinski definition) is 1. The maximum absolute atomic E-state index is 10.3. The van der Waals surface area contributed by atoms with E-state index < -0.39 is 6.10 Å². The number of hydrogen-bond acceptors (Lipinski definition) is 4. The van der Waals surface area contributed by atoms with Gasteiger partial charge < -0.3 is 14.6 Å². The molecule has 0 radical (unpaired) electrons. The van der Waals surface area contributed by atoms with Crippen LogP contribution in [0.5, 0.6) is 11.5 Å². The highest BCUT2D eigenvalue weighted by Gasteiger charge is 2.16. The van der Waals surface area contributed by atoms with Gasteiger partial charge in [0.2, 0.25) is 0 Å². The monoisotopic (exact) mass is 363 g/mol. The van der Waals surface area contributed by atoms with E-state index in [0.29, 0.717) is 23.4 Å². The van der Waals surface area contributed by atoms with Crippen LogP contribution in [0.15, 0.2) is 48.5 Å². The zero-order chi connectivity index (χ0) is 18.2. The second kappa shape index (κ2) is 9.66. The van der Waals surface area contributed by atoms with Gasteiger partial charge in [0.25, 0.3) is 0 Å². The summed E-state index contributed by atoms with van der Waals surface area (Å²) in [6.07, 6.45) is -0.580. The lowest BCUT2D eigenvalue weighted by atomic mass is 10.1. The second-order valence-corrected chi connectivity index (χ2v) is 6.73. The summed E-state index contributed by atoms with van der Waals surface area (Å²) in [5, 5.41) is 11.0. The van der Waals surface area contributed by atoms with Gasteiger partial charge in [0.15, 0.2) is 0 Å². The van der Waals surface area contributed by atoms with Gasteiger partial charge in [-0.3, -0.25) is 4.90 Å². The normalized spacial score (nSPS) is 12.4. The van der Waals surface area contributed by atoms with Crippen molar-refractivity contribution in [3.63, 3.8) is 0 Å². The molecule has 0 amide bonds. The first-order valence-electron chi connectivity index (χ1n) is 8.41. The van der Waals surface area contributed by atoms with Crippen LogP contribution < -0.4 is 9.47 Å². The van der Waals surface area contributed by atoms with Gasteiger partial charge in [-0.25, -0.2) is 0 Å². The Labute approximate surface area is 154 Å². The van der Waals surface area contributed by atoms with Crippen molar-refractivity contribution >= 4 is 11.6 Å². The Hall–Kier alpha value is -1.75. The molecule has 0 heterocycles. The Bertz CT molecular complexity index is 646. The van der Waals surface area contributed by atoms with E-state index in [-0.39, 0.29) is 6.61 Å². The first-order valence-corrected chi connectivity index (χ1v) is 8.79. The SMILES string of the molecule is COc1cccc(CN(C[C@H](O)COc2ccc(Cl)cc2)C(C)C)c1. The molecule has 2 rings (SSSR count). The van der Waals surface area contributed by atoms with E-state index >= 15 is 0 Å². The van der Waals surface area contributed by atoms with E-state index in [2.05, 4.69) is 24.8 Å². The lowest BCUT2D eigenvalue weighted by Crippen LogP contribution is -2.39. The minimum Gasteiger partial charge on any atom is -0.497 e. The summed E-state index contributed by atoms with van der Waals surface area (Å²) in [6, 6.07) is 15.4. The first-order chi connectivity index (χ1) is 12.0. The van der Waals surface area contributed by atoms with Crippen molar-refractivity contribution < 1.29 is 14.6 Å². The molecule has 0 spiro atoms. The fraction of sp³-hybridized carbons (Fsp3) is 0.400. The Balaban J connectivity index is 1.89. The summed E-state index contributed by atoms with van der Waals surface area (Å²) < 4.78 is 10.9. The molecule has 0 aliphatic carbocycles.